The van der Waals surface area contributed by atoms with Crippen LogP contribution in [0.5, 0.6) is 0 Å². The molecule has 0 aromatic heterocycles. The summed E-state index contributed by atoms with van der Waals surface area (Å²) >= 11 is 0. The summed E-state index contributed by atoms with van der Waals surface area (Å²) in [4.78, 5) is 0. The Hall–Kier alpha value is 0.110. The van der Waals surface area contributed by atoms with Crippen molar-refractivity contribution in [2.24, 2.45) is 5.41 Å². The molecule has 0 rings (SSSR count). The van der Waals surface area contributed by atoms with Gasteiger partial charge in [-0.25, -0.2) is 0 Å². The van der Waals surface area contributed by atoms with Gasteiger partial charge < -0.3 is 5.32 Å². The first kappa shape index (κ1) is 13.1. The van der Waals surface area contributed by atoms with Crippen LogP contribution in [0.1, 0.15) is 33.6 Å². The predicted octanol–water partition coefficient (Wildman–Crippen LogP) is 1.78. The molecule has 0 aliphatic rings. The van der Waals surface area contributed by atoms with Gasteiger partial charge in [-0.05, 0) is 31.3 Å². The Morgan fingerprint density at radius 1 is 1.23 bits per heavy atom. The Morgan fingerprint density at radius 2 is 1.85 bits per heavy atom. The SMILES string of the molecule is CS(=O)CCCNCCC(C)(C)C. The highest BCUT2D eigenvalue weighted by Crippen LogP contribution is 2.16. The fourth-order valence-corrected chi connectivity index (χ4v) is 1.54. The van der Waals surface area contributed by atoms with E-state index < -0.39 is 10.8 Å². The van der Waals surface area contributed by atoms with E-state index in [9.17, 15) is 4.21 Å². The molecule has 0 saturated heterocycles. The molecule has 0 saturated carbocycles. The Labute approximate surface area is 84.9 Å². The van der Waals surface area contributed by atoms with Gasteiger partial charge in [0.1, 0.15) is 0 Å². The maximum atomic E-state index is 10.7. The highest BCUT2D eigenvalue weighted by atomic mass is 32.2. The Kier molecular flexibility index (Phi) is 6.60. The second kappa shape index (κ2) is 6.55. The third-order valence-corrected chi connectivity index (χ3v) is 2.70. The van der Waals surface area contributed by atoms with E-state index >= 15 is 0 Å². The molecule has 0 fully saturated rings. The molecule has 0 heterocycles. The molecule has 0 spiro atoms. The largest absolute Gasteiger partial charge is 0.317 e. The average molecular weight is 205 g/mol. The van der Waals surface area contributed by atoms with Crippen LogP contribution in [0.3, 0.4) is 0 Å². The van der Waals surface area contributed by atoms with Crippen LogP contribution in [0.15, 0.2) is 0 Å². The summed E-state index contributed by atoms with van der Waals surface area (Å²) in [6.07, 6.45) is 3.98. The third-order valence-electron chi connectivity index (χ3n) is 1.84. The molecule has 1 atom stereocenters. The first-order valence-corrected chi connectivity index (χ1v) is 6.65. The van der Waals surface area contributed by atoms with Crippen LogP contribution >= 0.6 is 0 Å². The Morgan fingerprint density at radius 3 is 2.31 bits per heavy atom. The molecule has 0 bridgehead atoms. The van der Waals surface area contributed by atoms with Crippen molar-refractivity contribution in [3.05, 3.63) is 0 Å². The van der Waals surface area contributed by atoms with Crippen molar-refractivity contribution in [2.45, 2.75) is 33.6 Å². The maximum Gasteiger partial charge on any atom is 0.0244 e. The molecule has 0 amide bonds. The highest BCUT2D eigenvalue weighted by molar-refractivity contribution is 7.84. The normalized spacial score (nSPS) is 14.5. The maximum absolute atomic E-state index is 10.7. The van der Waals surface area contributed by atoms with Crippen LogP contribution in [0.25, 0.3) is 0 Å². The van der Waals surface area contributed by atoms with E-state index in [1.54, 1.807) is 6.26 Å². The second-order valence-electron chi connectivity index (χ2n) is 4.69. The molecule has 0 radical (unpaired) electrons. The molecule has 1 N–H and O–H groups in total. The minimum Gasteiger partial charge on any atom is -0.317 e. The number of hydrogen-bond donors (Lipinski definition) is 1. The van der Waals surface area contributed by atoms with Gasteiger partial charge in [0.25, 0.3) is 0 Å². The van der Waals surface area contributed by atoms with E-state index in [0.717, 1.165) is 25.3 Å². The lowest BCUT2D eigenvalue weighted by Gasteiger charge is -2.17. The second-order valence-corrected chi connectivity index (χ2v) is 6.25. The third kappa shape index (κ3) is 12.1. The summed E-state index contributed by atoms with van der Waals surface area (Å²) < 4.78 is 10.7. The molecular weight excluding hydrogens is 182 g/mol. The standard InChI is InChI=1S/C10H23NOS/c1-10(2,3)6-8-11-7-5-9-13(4)12/h11H,5-9H2,1-4H3. The summed E-state index contributed by atoms with van der Waals surface area (Å²) in [7, 11) is -0.628. The molecule has 1 unspecified atom stereocenters. The zero-order valence-corrected chi connectivity index (χ0v) is 10.2. The summed E-state index contributed by atoms with van der Waals surface area (Å²) in [6.45, 7) is 8.80. The molecule has 0 aliphatic carbocycles. The van der Waals surface area contributed by atoms with Gasteiger partial charge in [-0.15, -0.1) is 0 Å². The Balaban J connectivity index is 3.13. The van der Waals surface area contributed by atoms with E-state index in [4.69, 9.17) is 0 Å². The zero-order chi connectivity index (χ0) is 10.3. The summed E-state index contributed by atoms with van der Waals surface area (Å²) in [6, 6.07) is 0. The van der Waals surface area contributed by atoms with Gasteiger partial charge in [0, 0.05) is 22.8 Å². The van der Waals surface area contributed by atoms with Gasteiger partial charge in [-0.3, -0.25) is 4.21 Å². The topological polar surface area (TPSA) is 29.1 Å². The predicted molar refractivity (Wildman–Crippen MR) is 60.5 cm³/mol. The van der Waals surface area contributed by atoms with E-state index in [2.05, 4.69) is 26.1 Å². The van der Waals surface area contributed by atoms with Crippen molar-refractivity contribution in [1.29, 1.82) is 0 Å². The molecule has 0 aliphatic heterocycles. The van der Waals surface area contributed by atoms with Crippen LogP contribution in [0, 0.1) is 5.41 Å². The van der Waals surface area contributed by atoms with E-state index in [0.29, 0.717) is 5.41 Å². The minimum atomic E-state index is -0.628. The summed E-state index contributed by atoms with van der Waals surface area (Å²) in [5.74, 6) is 0.822. The number of hydrogen-bond acceptors (Lipinski definition) is 2. The van der Waals surface area contributed by atoms with E-state index in [-0.39, 0.29) is 0 Å². The first-order chi connectivity index (χ1) is 5.92. The molecule has 13 heavy (non-hydrogen) atoms. The molecule has 80 valence electrons. The molecule has 0 aromatic rings. The highest BCUT2D eigenvalue weighted by Gasteiger charge is 2.08. The minimum absolute atomic E-state index is 0.417. The molecule has 0 aromatic carbocycles. The zero-order valence-electron chi connectivity index (χ0n) is 9.35. The Bertz CT molecular complexity index is 151. The van der Waals surface area contributed by atoms with E-state index in [1.807, 2.05) is 0 Å². The van der Waals surface area contributed by atoms with Crippen molar-refractivity contribution in [2.75, 3.05) is 25.1 Å². The first-order valence-electron chi connectivity index (χ1n) is 4.92. The lowest BCUT2D eigenvalue weighted by atomic mass is 9.92. The van der Waals surface area contributed by atoms with Crippen LogP contribution in [-0.4, -0.2) is 29.3 Å². The monoisotopic (exact) mass is 205 g/mol. The molecule has 3 heteroatoms. The van der Waals surface area contributed by atoms with Crippen LogP contribution in [-0.2, 0) is 10.8 Å². The fourth-order valence-electron chi connectivity index (χ4n) is 0.989. The van der Waals surface area contributed by atoms with Crippen molar-refractivity contribution in [3.63, 3.8) is 0 Å². The quantitative estimate of drug-likeness (QED) is 0.670. The van der Waals surface area contributed by atoms with Gasteiger partial charge in [0.05, 0.1) is 0 Å². The van der Waals surface area contributed by atoms with Gasteiger partial charge in [-0.2, -0.15) is 0 Å². The van der Waals surface area contributed by atoms with Crippen molar-refractivity contribution in [1.82, 2.24) is 5.32 Å². The van der Waals surface area contributed by atoms with Gasteiger partial charge in [0.2, 0.25) is 0 Å². The number of rotatable bonds is 6. The number of nitrogens with one attached hydrogen (secondary N) is 1. The smallest absolute Gasteiger partial charge is 0.0244 e. The summed E-state index contributed by atoms with van der Waals surface area (Å²) in [5, 5.41) is 3.36. The molecule has 2 nitrogen and oxygen atoms in total. The van der Waals surface area contributed by atoms with Crippen LogP contribution < -0.4 is 5.32 Å². The van der Waals surface area contributed by atoms with Crippen molar-refractivity contribution < 1.29 is 4.21 Å². The lowest BCUT2D eigenvalue weighted by Crippen LogP contribution is -2.22. The van der Waals surface area contributed by atoms with Crippen LogP contribution in [0.4, 0.5) is 0 Å². The molecular formula is C10H23NOS. The van der Waals surface area contributed by atoms with Crippen molar-refractivity contribution >= 4 is 10.8 Å². The van der Waals surface area contributed by atoms with E-state index in [1.165, 1.54) is 6.42 Å². The van der Waals surface area contributed by atoms with Crippen molar-refractivity contribution in [3.8, 4) is 0 Å². The van der Waals surface area contributed by atoms with Gasteiger partial charge in [-0.1, -0.05) is 20.8 Å². The fraction of sp³-hybridized carbons (Fsp3) is 1.00. The van der Waals surface area contributed by atoms with Gasteiger partial charge in [0.15, 0.2) is 0 Å². The van der Waals surface area contributed by atoms with Crippen LogP contribution in [0.2, 0.25) is 0 Å². The van der Waals surface area contributed by atoms with Gasteiger partial charge >= 0.3 is 0 Å². The average Bonchev–Trinajstić information content (AvgIpc) is 1.93. The summed E-state index contributed by atoms with van der Waals surface area (Å²) in [5.41, 5.74) is 0.417. The lowest BCUT2D eigenvalue weighted by molar-refractivity contribution is 0.367.